The van der Waals surface area contributed by atoms with Gasteiger partial charge >= 0.3 is 0 Å². The molecule has 0 radical (unpaired) electrons. The van der Waals surface area contributed by atoms with Crippen LogP contribution >= 0.6 is 0 Å². The van der Waals surface area contributed by atoms with Crippen molar-refractivity contribution >= 4 is 0 Å². The van der Waals surface area contributed by atoms with E-state index < -0.39 is 0 Å². The molecule has 0 aliphatic heterocycles. The predicted octanol–water partition coefficient (Wildman–Crippen LogP) is -0.0977. The van der Waals surface area contributed by atoms with Gasteiger partial charge < -0.3 is 19.0 Å². The number of ether oxygens (including phenoxy) is 3. The van der Waals surface area contributed by atoms with Gasteiger partial charge in [0.15, 0.2) is 6.29 Å². The van der Waals surface area contributed by atoms with E-state index in [-0.39, 0.29) is 6.29 Å². The number of hydrogen-bond acceptors (Lipinski definition) is 5. The molecule has 0 bridgehead atoms. The van der Waals surface area contributed by atoms with E-state index in [4.69, 9.17) is 20.1 Å². The van der Waals surface area contributed by atoms with Gasteiger partial charge in [0.2, 0.25) is 0 Å². The van der Waals surface area contributed by atoms with Gasteiger partial charge in [-0.1, -0.05) is 0 Å². The van der Waals surface area contributed by atoms with Gasteiger partial charge in [-0.15, -0.1) is 0 Å². The second-order valence-electron chi connectivity index (χ2n) is 2.08. The van der Waals surface area contributed by atoms with E-state index in [9.17, 15) is 0 Å². The van der Waals surface area contributed by atoms with E-state index in [1.807, 2.05) is 6.92 Å². The van der Waals surface area contributed by atoms with E-state index in [1.54, 1.807) is 7.11 Å². The molecule has 0 aliphatic rings. The van der Waals surface area contributed by atoms with Crippen LogP contribution in [0.3, 0.4) is 0 Å². The van der Waals surface area contributed by atoms with Gasteiger partial charge in [-0.05, 0) is 6.92 Å². The zero-order chi connectivity index (χ0) is 9.23. The van der Waals surface area contributed by atoms with Crippen LogP contribution in [0.4, 0.5) is 0 Å². The van der Waals surface area contributed by atoms with Gasteiger partial charge in [-0.3, -0.25) is 0 Å². The van der Waals surface area contributed by atoms with Gasteiger partial charge in [0.1, 0.15) is 0 Å². The maximum Gasteiger partial charge on any atom is 0.180 e. The summed E-state index contributed by atoms with van der Waals surface area (Å²) < 4.78 is 15.3. The van der Waals surface area contributed by atoms with E-state index in [1.165, 1.54) is 0 Å². The molecule has 0 heterocycles. The third kappa shape index (κ3) is 6.51. The molecule has 0 aromatic rings. The van der Waals surface area contributed by atoms with Crippen LogP contribution in [0.5, 0.6) is 0 Å². The van der Waals surface area contributed by atoms with Crippen LogP contribution in [0, 0.1) is 0 Å². The first-order valence-electron chi connectivity index (χ1n) is 3.89. The summed E-state index contributed by atoms with van der Waals surface area (Å²) >= 11 is 0. The molecule has 0 spiro atoms. The third-order valence-electron chi connectivity index (χ3n) is 1.16. The molecule has 74 valence electrons. The summed E-state index contributed by atoms with van der Waals surface area (Å²) in [7, 11) is 1.59. The summed E-state index contributed by atoms with van der Waals surface area (Å²) in [5.74, 6) is 4.81. The molecule has 5 nitrogen and oxygen atoms in total. The fraction of sp³-hybridized carbons (Fsp3) is 1.00. The van der Waals surface area contributed by atoms with Crippen molar-refractivity contribution in [3.63, 3.8) is 0 Å². The van der Waals surface area contributed by atoms with E-state index in [0.29, 0.717) is 26.4 Å². The maximum absolute atomic E-state index is 5.21. The Bertz CT molecular complexity index is 85.5. The Hall–Kier alpha value is -0.200. The first-order chi connectivity index (χ1) is 5.85. The highest BCUT2D eigenvalue weighted by molar-refractivity contribution is 4.40. The van der Waals surface area contributed by atoms with Crippen LogP contribution in [0.25, 0.3) is 0 Å². The van der Waals surface area contributed by atoms with E-state index in [0.717, 1.165) is 0 Å². The molecule has 0 fully saturated rings. The maximum atomic E-state index is 5.21. The van der Waals surface area contributed by atoms with Crippen molar-refractivity contribution in [1.82, 2.24) is 0 Å². The van der Waals surface area contributed by atoms with Crippen molar-refractivity contribution < 1.29 is 19.0 Å². The highest BCUT2D eigenvalue weighted by Gasteiger charge is 2.06. The van der Waals surface area contributed by atoms with Crippen molar-refractivity contribution in [1.29, 1.82) is 0 Å². The van der Waals surface area contributed by atoms with Crippen LogP contribution in [-0.4, -0.2) is 39.8 Å². The van der Waals surface area contributed by atoms with Crippen molar-refractivity contribution in [2.75, 3.05) is 33.5 Å². The largest absolute Gasteiger partial charge is 0.379 e. The van der Waals surface area contributed by atoms with Crippen LogP contribution in [0.2, 0.25) is 0 Å². The normalized spacial score (nSPS) is 13.2. The fourth-order valence-electron chi connectivity index (χ4n) is 0.694. The smallest absolute Gasteiger partial charge is 0.180 e. The molecule has 0 aromatic heterocycles. The lowest BCUT2D eigenvalue weighted by Crippen LogP contribution is -2.25. The summed E-state index contributed by atoms with van der Waals surface area (Å²) in [5.41, 5.74) is 0. The molecular weight excluding hydrogens is 162 g/mol. The summed E-state index contributed by atoms with van der Waals surface area (Å²) in [6, 6.07) is 0. The zero-order valence-corrected chi connectivity index (χ0v) is 7.62. The molecule has 0 saturated carbocycles. The summed E-state index contributed by atoms with van der Waals surface area (Å²) in [6.07, 6.45) is -0.324. The first kappa shape index (κ1) is 11.8. The minimum Gasteiger partial charge on any atom is -0.379 e. The predicted molar refractivity (Wildman–Crippen MR) is 43.4 cm³/mol. The summed E-state index contributed by atoms with van der Waals surface area (Å²) in [6.45, 7) is 3.67. The Morgan fingerprint density at radius 1 is 1.25 bits per heavy atom. The third-order valence-corrected chi connectivity index (χ3v) is 1.16. The minimum absolute atomic E-state index is 0.324. The molecule has 5 heteroatoms. The average molecular weight is 179 g/mol. The highest BCUT2D eigenvalue weighted by atomic mass is 16.7. The standard InChI is InChI=1S/C7H17NO4/c1-3-10-7(6-9-2)11-4-5-12-8/h7H,3-6,8H2,1-2H3. The summed E-state index contributed by atoms with van der Waals surface area (Å²) in [5, 5.41) is 0. The SMILES string of the molecule is CCOC(COC)OCCON. The van der Waals surface area contributed by atoms with Crippen LogP contribution < -0.4 is 5.90 Å². The lowest BCUT2D eigenvalue weighted by atomic mass is 10.6. The Balaban J connectivity index is 3.34. The number of hydrogen-bond donors (Lipinski definition) is 1. The van der Waals surface area contributed by atoms with Gasteiger partial charge in [0, 0.05) is 13.7 Å². The molecule has 0 rings (SSSR count). The fourth-order valence-corrected chi connectivity index (χ4v) is 0.694. The molecule has 1 atom stereocenters. The summed E-state index contributed by atoms with van der Waals surface area (Å²) in [4.78, 5) is 4.33. The molecule has 1 unspecified atom stereocenters. The van der Waals surface area contributed by atoms with Gasteiger partial charge in [-0.25, -0.2) is 5.90 Å². The second kappa shape index (κ2) is 8.89. The Labute approximate surface area is 72.7 Å². The van der Waals surface area contributed by atoms with Crippen LogP contribution in [-0.2, 0) is 19.0 Å². The first-order valence-corrected chi connectivity index (χ1v) is 3.89. The van der Waals surface area contributed by atoms with Crippen molar-refractivity contribution in [2.24, 2.45) is 5.90 Å². The quantitative estimate of drug-likeness (QED) is 0.320. The Morgan fingerprint density at radius 2 is 2.00 bits per heavy atom. The van der Waals surface area contributed by atoms with Gasteiger partial charge in [0.25, 0.3) is 0 Å². The van der Waals surface area contributed by atoms with Crippen molar-refractivity contribution in [2.45, 2.75) is 13.2 Å². The molecule has 0 saturated heterocycles. The van der Waals surface area contributed by atoms with Gasteiger partial charge in [0.05, 0.1) is 19.8 Å². The number of nitrogens with two attached hydrogens (primary N) is 1. The van der Waals surface area contributed by atoms with E-state index >= 15 is 0 Å². The van der Waals surface area contributed by atoms with Crippen molar-refractivity contribution in [3.05, 3.63) is 0 Å². The highest BCUT2D eigenvalue weighted by Crippen LogP contribution is 1.94. The molecular formula is C7H17NO4. The second-order valence-corrected chi connectivity index (χ2v) is 2.08. The molecule has 0 aliphatic carbocycles. The molecule has 2 N–H and O–H groups in total. The lowest BCUT2D eigenvalue weighted by Gasteiger charge is -2.16. The Kier molecular flexibility index (Phi) is 8.74. The van der Waals surface area contributed by atoms with E-state index in [2.05, 4.69) is 4.84 Å². The van der Waals surface area contributed by atoms with Crippen LogP contribution in [0.1, 0.15) is 6.92 Å². The number of methoxy groups -OCH3 is 1. The number of rotatable bonds is 8. The topological polar surface area (TPSA) is 62.9 Å². The molecule has 0 amide bonds. The zero-order valence-electron chi connectivity index (χ0n) is 7.62. The molecule has 12 heavy (non-hydrogen) atoms. The lowest BCUT2D eigenvalue weighted by molar-refractivity contribution is -0.171. The monoisotopic (exact) mass is 179 g/mol. The molecule has 0 aromatic carbocycles. The van der Waals surface area contributed by atoms with Crippen LogP contribution in [0.15, 0.2) is 0 Å². The van der Waals surface area contributed by atoms with Crippen molar-refractivity contribution in [3.8, 4) is 0 Å². The van der Waals surface area contributed by atoms with Gasteiger partial charge in [-0.2, -0.15) is 0 Å². The average Bonchev–Trinajstić information content (AvgIpc) is 2.06. The minimum atomic E-state index is -0.324. The Morgan fingerprint density at radius 3 is 2.50 bits per heavy atom.